The third-order valence-electron chi connectivity index (χ3n) is 3.93. The SMILES string of the molecule is O=C1Nc2ncccc2C2(Cc3ccc(I)cc3C2)O1. The lowest BCUT2D eigenvalue weighted by atomic mass is 9.90. The summed E-state index contributed by atoms with van der Waals surface area (Å²) in [5, 5.41) is 2.68. The van der Waals surface area contributed by atoms with Gasteiger partial charge in [-0.3, -0.25) is 5.32 Å². The first-order valence-electron chi connectivity index (χ1n) is 6.39. The Balaban J connectivity index is 1.86. The average Bonchev–Trinajstić information content (AvgIpc) is 2.76. The molecule has 1 atom stereocenters. The largest absolute Gasteiger partial charge is 0.437 e. The zero-order chi connectivity index (χ0) is 13.7. The van der Waals surface area contributed by atoms with Gasteiger partial charge < -0.3 is 4.74 Å². The van der Waals surface area contributed by atoms with Crippen LogP contribution < -0.4 is 5.32 Å². The van der Waals surface area contributed by atoms with Gasteiger partial charge in [-0.15, -0.1) is 0 Å². The van der Waals surface area contributed by atoms with Crippen molar-refractivity contribution >= 4 is 34.5 Å². The normalized spacial score (nSPS) is 22.9. The topological polar surface area (TPSA) is 51.2 Å². The molecule has 0 fully saturated rings. The number of fused-ring (bicyclic) bond motifs is 3. The van der Waals surface area contributed by atoms with Crippen molar-refractivity contribution in [3.63, 3.8) is 0 Å². The van der Waals surface area contributed by atoms with Gasteiger partial charge in [0.2, 0.25) is 0 Å². The van der Waals surface area contributed by atoms with Crippen LogP contribution in [0, 0.1) is 3.57 Å². The molecule has 1 aromatic heterocycles. The van der Waals surface area contributed by atoms with Crippen LogP contribution in [0.25, 0.3) is 0 Å². The van der Waals surface area contributed by atoms with Crippen LogP contribution in [0.3, 0.4) is 0 Å². The van der Waals surface area contributed by atoms with Crippen LogP contribution in [0.5, 0.6) is 0 Å². The van der Waals surface area contributed by atoms with Crippen molar-refractivity contribution in [1.82, 2.24) is 4.98 Å². The van der Waals surface area contributed by atoms with Crippen molar-refractivity contribution in [3.8, 4) is 0 Å². The Morgan fingerprint density at radius 3 is 3.00 bits per heavy atom. The molecule has 1 N–H and O–H groups in total. The molecule has 0 radical (unpaired) electrons. The summed E-state index contributed by atoms with van der Waals surface area (Å²) < 4.78 is 6.89. The maximum absolute atomic E-state index is 11.8. The molecule has 2 heterocycles. The molecule has 20 heavy (non-hydrogen) atoms. The minimum absolute atomic E-state index is 0.418. The molecule has 0 saturated carbocycles. The lowest BCUT2D eigenvalue weighted by Gasteiger charge is -2.34. The monoisotopic (exact) mass is 378 g/mol. The highest BCUT2D eigenvalue weighted by molar-refractivity contribution is 14.1. The van der Waals surface area contributed by atoms with E-state index in [0.717, 1.165) is 5.56 Å². The van der Waals surface area contributed by atoms with Gasteiger partial charge in [-0.1, -0.05) is 6.07 Å². The summed E-state index contributed by atoms with van der Waals surface area (Å²) in [5.41, 5.74) is 2.86. The van der Waals surface area contributed by atoms with Crippen LogP contribution in [0.1, 0.15) is 16.7 Å². The summed E-state index contributed by atoms with van der Waals surface area (Å²) >= 11 is 2.30. The lowest BCUT2D eigenvalue weighted by molar-refractivity contribution is 0.0194. The number of amides is 1. The molecule has 5 heteroatoms. The minimum atomic E-state index is -0.599. The van der Waals surface area contributed by atoms with Crippen molar-refractivity contribution in [3.05, 3.63) is 56.8 Å². The van der Waals surface area contributed by atoms with Gasteiger partial charge in [0, 0.05) is 28.2 Å². The number of rotatable bonds is 0. The van der Waals surface area contributed by atoms with Crippen LogP contribution in [0.4, 0.5) is 10.6 Å². The Morgan fingerprint density at radius 2 is 2.10 bits per heavy atom. The second-order valence-electron chi connectivity index (χ2n) is 5.17. The number of ether oxygens (including phenoxy) is 1. The molecule has 1 unspecified atom stereocenters. The van der Waals surface area contributed by atoms with Crippen LogP contribution in [0.2, 0.25) is 0 Å². The maximum atomic E-state index is 11.8. The number of benzene rings is 1. The maximum Gasteiger partial charge on any atom is 0.413 e. The fraction of sp³-hybridized carbons (Fsp3) is 0.200. The summed E-state index contributed by atoms with van der Waals surface area (Å²) in [4.78, 5) is 16.1. The predicted octanol–water partition coefficient (Wildman–Crippen LogP) is 3.24. The van der Waals surface area contributed by atoms with Crippen LogP contribution in [-0.2, 0) is 23.2 Å². The van der Waals surface area contributed by atoms with Crippen molar-refractivity contribution in [2.75, 3.05) is 5.32 Å². The highest BCUT2D eigenvalue weighted by Crippen LogP contribution is 2.45. The van der Waals surface area contributed by atoms with Crippen molar-refractivity contribution in [2.45, 2.75) is 18.4 Å². The van der Waals surface area contributed by atoms with E-state index in [0.29, 0.717) is 18.7 Å². The van der Waals surface area contributed by atoms with Gasteiger partial charge in [-0.05, 0) is 58.0 Å². The average molecular weight is 378 g/mol. The smallest absolute Gasteiger partial charge is 0.413 e. The summed E-state index contributed by atoms with van der Waals surface area (Å²) in [6, 6.07) is 10.2. The van der Waals surface area contributed by atoms with Gasteiger partial charge in [0.05, 0.1) is 0 Å². The Kier molecular flexibility index (Phi) is 2.54. The molecule has 1 amide bonds. The first kappa shape index (κ1) is 12.1. The van der Waals surface area contributed by atoms with E-state index in [4.69, 9.17) is 4.74 Å². The van der Waals surface area contributed by atoms with Crippen molar-refractivity contribution in [2.24, 2.45) is 0 Å². The predicted molar refractivity (Wildman–Crippen MR) is 82.6 cm³/mol. The number of nitrogens with one attached hydrogen (secondary N) is 1. The fourth-order valence-corrected chi connectivity index (χ4v) is 3.65. The molecule has 0 saturated heterocycles. The minimum Gasteiger partial charge on any atom is -0.437 e. The summed E-state index contributed by atoms with van der Waals surface area (Å²) in [5.74, 6) is 0.617. The molecule has 100 valence electrons. The molecule has 2 aromatic rings. The van der Waals surface area contributed by atoms with E-state index >= 15 is 0 Å². The molecule has 2 aliphatic rings. The molecule has 4 nitrogen and oxygen atoms in total. The molecular weight excluding hydrogens is 367 g/mol. The van der Waals surface area contributed by atoms with Crippen LogP contribution >= 0.6 is 22.6 Å². The van der Waals surface area contributed by atoms with E-state index < -0.39 is 11.7 Å². The van der Waals surface area contributed by atoms with Crippen LogP contribution in [-0.4, -0.2) is 11.1 Å². The second-order valence-corrected chi connectivity index (χ2v) is 6.42. The van der Waals surface area contributed by atoms with Crippen LogP contribution in [0.15, 0.2) is 36.5 Å². The third kappa shape index (κ3) is 1.72. The van der Waals surface area contributed by atoms with Gasteiger partial charge in [0.25, 0.3) is 0 Å². The standard InChI is InChI=1S/C15H11IN2O2/c16-11-4-3-9-7-15(8-10(9)6-11)12-2-1-5-17-13(12)18-14(19)20-15/h1-6H,7-8H2,(H,17,18,19). The Morgan fingerprint density at radius 1 is 1.25 bits per heavy atom. The number of pyridine rings is 1. The molecule has 1 aromatic carbocycles. The van der Waals surface area contributed by atoms with Gasteiger partial charge in [-0.2, -0.15) is 0 Å². The molecule has 1 aliphatic carbocycles. The van der Waals surface area contributed by atoms with E-state index in [2.05, 4.69) is 51.1 Å². The molecule has 4 rings (SSSR count). The van der Waals surface area contributed by atoms with Gasteiger partial charge in [0.15, 0.2) is 5.60 Å². The van der Waals surface area contributed by atoms with Gasteiger partial charge >= 0.3 is 6.09 Å². The van der Waals surface area contributed by atoms with Crippen molar-refractivity contribution in [1.29, 1.82) is 0 Å². The molecule has 0 bridgehead atoms. The first-order chi connectivity index (χ1) is 9.66. The van der Waals surface area contributed by atoms with E-state index in [1.807, 2.05) is 12.1 Å². The zero-order valence-electron chi connectivity index (χ0n) is 10.5. The number of nitrogens with zero attached hydrogens (tertiary/aromatic N) is 1. The lowest BCUT2D eigenvalue weighted by Crippen LogP contribution is -2.40. The van der Waals surface area contributed by atoms with E-state index in [1.54, 1.807) is 6.20 Å². The number of hydrogen-bond acceptors (Lipinski definition) is 3. The number of carbonyl (C=O) groups excluding carboxylic acids is 1. The quantitative estimate of drug-likeness (QED) is 0.717. The van der Waals surface area contributed by atoms with Crippen molar-refractivity contribution < 1.29 is 9.53 Å². The Bertz CT molecular complexity index is 732. The third-order valence-corrected chi connectivity index (χ3v) is 4.60. The first-order valence-corrected chi connectivity index (χ1v) is 7.47. The molecule has 1 spiro atoms. The number of carbonyl (C=O) groups is 1. The number of hydrogen-bond donors (Lipinski definition) is 1. The molecular formula is C15H11IN2O2. The number of halogens is 1. The fourth-order valence-electron chi connectivity index (χ4n) is 3.10. The van der Waals surface area contributed by atoms with Gasteiger partial charge in [0.1, 0.15) is 5.82 Å². The Labute approximate surface area is 129 Å². The van der Waals surface area contributed by atoms with E-state index in [-0.39, 0.29) is 0 Å². The summed E-state index contributed by atoms with van der Waals surface area (Å²) in [6.07, 6.45) is 2.69. The zero-order valence-corrected chi connectivity index (χ0v) is 12.7. The number of aromatic nitrogens is 1. The second kappa shape index (κ2) is 4.18. The molecule has 1 aliphatic heterocycles. The van der Waals surface area contributed by atoms with E-state index in [1.165, 1.54) is 14.7 Å². The highest BCUT2D eigenvalue weighted by atomic mass is 127. The number of anilines is 1. The van der Waals surface area contributed by atoms with Gasteiger partial charge in [-0.25, -0.2) is 9.78 Å². The highest BCUT2D eigenvalue weighted by Gasteiger charge is 2.47. The Hall–Kier alpha value is -1.63. The van der Waals surface area contributed by atoms with E-state index in [9.17, 15) is 4.79 Å². The summed E-state index contributed by atoms with van der Waals surface area (Å²) in [7, 11) is 0. The summed E-state index contributed by atoms with van der Waals surface area (Å²) in [6.45, 7) is 0.